The van der Waals surface area contributed by atoms with Crippen LogP contribution in [-0.4, -0.2) is 62.2 Å². The van der Waals surface area contributed by atoms with Crippen LogP contribution < -0.4 is 10.1 Å². The average molecular weight is 523 g/mol. The summed E-state index contributed by atoms with van der Waals surface area (Å²) < 4.78 is 21.9. The van der Waals surface area contributed by atoms with Crippen LogP contribution in [0.1, 0.15) is 46.7 Å². The van der Waals surface area contributed by atoms with Gasteiger partial charge in [-0.15, -0.1) is 0 Å². The van der Waals surface area contributed by atoms with Gasteiger partial charge in [0.25, 0.3) is 5.91 Å². The van der Waals surface area contributed by atoms with Crippen molar-refractivity contribution in [3.63, 3.8) is 0 Å². The number of benzene rings is 2. The fourth-order valence-corrected chi connectivity index (χ4v) is 4.45. The average Bonchev–Trinajstić information content (AvgIpc) is 3.36. The SMILES string of the molecule is COC(=O)c1ccc([C@@H]2C=C(C(=O)NCCc3c[nH]c4ccc(OC)cc34)O[C@H](OCCCCO)C2)cc1. The molecule has 3 N–H and O–H groups in total. The monoisotopic (exact) mass is 522 g/mol. The number of allylic oxidation sites excluding steroid dienone is 1. The summed E-state index contributed by atoms with van der Waals surface area (Å²) >= 11 is 0. The van der Waals surface area contributed by atoms with Crippen molar-refractivity contribution in [2.45, 2.75) is 37.9 Å². The molecule has 0 spiro atoms. The predicted octanol–water partition coefficient (Wildman–Crippen LogP) is 3.83. The number of aromatic nitrogens is 1. The standard InChI is InChI=1S/C29H34N2O7/c1-35-23-9-10-25-24(17-23)21(18-31-25)11-12-30-28(33)26-15-22(16-27(38-26)37-14-4-3-13-32)19-5-7-20(8-6-19)29(34)36-2/h5-10,15,17-18,22,27,31-32H,3-4,11-14,16H2,1-2H3,(H,30,33)/t22-,27+/m1/s1. The first-order valence-electron chi connectivity index (χ1n) is 12.7. The van der Waals surface area contributed by atoms with E-state index in [0.717, 1.165) is 27.8 Å². The van der Waals surface area contributed by atoms with Gasteiger partial charge in [-0.05, 0) is 66.8 Å². The van der Waals surface area contributed by atoms with Crippen molar-refractivity contribution in [2.24, 2.45) is 0 Å². The number of carbonyl (C=O) groups excluding carboxylic acids is 2. The number of H-pyrrole nitrogens is 1. The summed E-state index contributed by atoms with van der Waals surface area (Å²) in [7, 11) is 2.98. The predicted molar refractivity (Wildman–Crippen MR) is 142 cm³/mol. The molecule has 0 fully saturated rings. The van der Waals surface area contributed by atoms with Gasteiger partial charge in [-0.2, -0.15) is 0 Å². The minimum atomic E-state index is -0.606. The molecule has 0 unspecified atom stereocenters. The van der Waals surface area contributed by atoms with E-state index in [4.69, 9.17) is 24.1 Å². The van der Waals surface area contributed by atoms with E-state index in [9.17, 15) is 9.59 Å². The van der Waals surface area contributed by atoms with Crippen molar-refractivity contribution in [3.05, 3.63) is 77.2 Å². The summed E-state index contributed by atoms with van der Waals surface area (Å²) in [6.07, 6.45) is 5.61. The van der Waals surface area contributed by atoms with E-state index < -0.39 is 12.3 Å². The zero-order chi connectivity index (χ0) is 26.9. The van der Waals surface area contributed by atoms with Gasteiger partial charge in [0.15, 0.2) is 5.76 Å². The molecule has 202 valence electrons. The lowest BCUT2D eigenvalue weighted by atomic mass is 9.92. The second-order valence-electron chi connectivity index (χ2n) is 9.07. The largest absolute Gasteiger partial charge is 0.497 e. The van der Waals surface area contributed by atoms with Crippen molar-refractivity contribution in [3.8, 4) is 5.75 Å². The maximum atomic E-state index is 13.1. The number of rotatable bonds is 12. The van der Waals surface area contributed by atoms with Crippen LogP contribution in [0.2, 0.25) is 0 Å². The molecule has 9 nitrogen and oxygen atoms in total. The van der Waals surface area contributed by atoms with Gasteiger partial charge in [0, 0.05) is 42.6 Å². The molecule has 38 heavy (non-hydrogen) atoms. The number of hydrogen-bond acceptors (Lipinski definition) is 7. The molecule has 3 aromatic rings. The lowest BCUT2D eigenvalue weighted by Crippen LogP contribution is -2.34. The van der Waals surface area contributed by atoms with E-state index in [2.05, 4.69) is 10.3 Å². The Morgan fingerprint density at radius 2 is 1.95 bits per heavy atom. The Kier molecular flexibility index (Phi) is 9.40. The van der Waals surface area contributed by atoms with Crippen LogP contribution in [0.15, 0.2) is 60.5 Å². The van der Waals surface area contributed by atoms with E-state index in [1.54, 1.807) is 25.3 Å². The zero-order valence-corrected chi connectivity index (χ0v) is 21.7. The van der Waals surface area contributed by atoms with Crippen LogP contribution in [-0.2, 0) is 25.4 Å². The molecule has 2 aromatic carbocycles. The molecule has 0 bridgehead atoms. The zero-order valence-electron chi connectivity index (χ0n) is 21.7. The molecule has 9 heteroatoms. The fraction of sp³-hybridized carbons (Fsp3) is 0.379. The summed E-state index contributed by atoms with van der Waals surface area (Å²) in [6, 6.07) is 13.0. The highest BCUT2D eigenvalue weighted by Gasteiger charge is 2.29. The molecule has 1 amide bonds. The minimum absolute atomic E-state index is 0.0980. The van der Waals surface area contributed by atoms with Crippen molar-refractivity contribution in [1.82, 2.24) is 10.3 Å². The lowest BCUT2D eigenvalue weighted by molar-refractivity contribution is -0.146. The number of aliphatic hydroxyl groups excluding tert-OH is 1. The number of nitrogens with one attached hydrogen (secondary N) is 2. The van der Waals surface area contributed by atoms with Crippen LogP contribution in [0.3, 0.4) is 0 Å². The Morgan fingerprint density at radius 3 is 2.68 bits per heavy atom. The molecular formula is C29H34N2O7. The summed E-state index contributed by atoms with van der Waals surface area (Å²) in [6.45, 7) is 0.934. The molecule has 0 aliphatic carbocycles. The Labute approximate surface area is 221 Å². The van der Waals surface area contributed by atoms with Crippen molar-refractivity contribution >= 4 is 22.8 Å². The Bertz CT molecular complexity index is 1270. The molecule has 0 saturated carbocycles. The maximum absolute atomic E-state index is 13.1. The maximum Gasteiger partial charge on any atom is 0.337 e. The van der Waals surface area contributed by atoms with Gasteiger partial charge >= 0.3 is 5.97 Å². The second kappa shape index (κ2) is 13.1. The number of ether oxygens (including phenoxy) is 4. The molecule has 2 heterocycles. The van der Waals surface area contributed by atoms with Gasteiger partial charge < -0.3 is 34.4 Å². The van der Waals surface area contributed by atoms with Crippen LogP contribution in [0.25, 0.3) is 10.9 Å². The van der Waals surface area contributed by atoms with E-state index in [1.165, 1.54) is 7.11 Å². The summed E-state index contributed by atoms with van der Waals surface area (Å²) in [5, 5.41) is 13.0. The highest BCUT2D eigenvalue weighted by atomic mass is 16.7. The number of carbonyl (C=O) groups is 2. The quantitative estimate of drug-likeness (QED) is 0.244. The molecular weight excluding hydrogens is 488 g/mol. The van der Waals surface area contributed by atoms with E-state index in [1.807, 2.05) is 36.5 Å². The fourth-order valence-electron chi connectivity index (χ4n) is 4.45. The molecule has 1 aliphatic rings. The highest BCUT2D eigenvalue weighted by Crippen LogP contribution is 2.32. The van der Waals surface area contributed by atoms with Gasteiger partial charge in [0.2, 0.25) is 6.29 Å². The summed E-state index contributed by atoms with van der Waals surface area (Å²) in [5.41, 5.74) is 3.47. The number of unbranched alkanes of at least 4 members (excludes halogenated alkanes) is 1. The third-order valence-corrected chi connectivity index (χ3v) is 6.55. The first-order valence-corrected chi connectivity index (χ1v) is 12.7. The third-order valence-electron chi connectivity index (χ3n) is 6.55. The summed E-state index contributed by atoms with van der Waals surface area (Å²) in [5.74, 6) is 0.116. The van der Waals surface area contributed by atoms with Crippen molar-refractivity contribution < 1.29 is 33.6 Å². The van der Waals surface area contributed by atoms with Crippen LogP contribution in [0.4, 0.5) is 0 Å². The normalized spacial score (nSPS) is 17.0. The van der Waals surface area contributed by atoms with E-state index in [0.29, 0.717) is 44.4 Å². The molecule has 4 rings (SSSR count). The number of hydrogen-bond donors (Lipinski definition) is 3. The summed E-state index contributed by atoms with van der Waals surface area (Å²) in [4.78, 5) is 28.1. The first kappa shape index (κ1) is 27.2. The number of fused-ring (bicyclic) bond motifs is 1. The number of aliphatic hydroxyl groups is 1. The first-order chi connectivity index (χ1) is 18.5. The number of esters is 1. The Balaban J connectivity index is 1.44. The van der Waals surface area contributed by atoms with E-state index >= 15 is 0 Å². The van der Waals surface area contributed by atoms with Crippen molar-refractivity contribution in [2.75, 3.05) is 34.0 Å². The number of methoxy groups -OCH3 is 2. The lowest BCUT2D eigenvalue weighted by Gasteiger charge is -2.29. The topological polar surface area (TPSA) is 119 Å². The molecule has 2 atom stereocenters. The third kappa shape index (κ3) is 6.73. The van der Waals surface area contributed by atoms with Gasteiger partial charge in [0.05, 0.1) is 26.4 Å². The Morgan fingerprint density at radius 1 is 1.13 bits per heavy atom. The Hall–Kier alpha value is -3.82. The van der Waals surface area contributed by atoms with Crippen LogP contribution >= 0.6 is 0 Å². The molecule has 1 aliphatic heterocycles. The smallest absolute Gasteiger partial charge is 0.337 e. The molecule has 1 aromatic heterocycles. The van der Waals surface area contributed by atoms with Crippen LogP contribution in [0, 0.1) is 0 Å². The number of amides is 1. The van der Waals surface area contributed by atoms with Gasteiger partial charge in [-0.3, -0.25) is 4.79 Å². The highest BCUT2D eigenvalue weighted by molar-refractivity contribution is 5.92. The molecule has 0 saturated heterocycles. The number of aromatic amines is 1. The molecule has 0 radical (unpaired) electrons. The van der Waals surface area contributed by atoms with Gasteiger partial charge in [-0.1, -0.05) is 12.1 Å². The van der Waals surface area contributed by atoms with Crippen molar-refractivity contribution in [1.29, 1.82) is 0 Å². The van der Waals surface area contributed by atoms with E-state index in [-0.39, 0.29) is 24.2 Å². The van der Waals surface area contributed by atoms with Gasteiger partial charge in [0.1, 0.15) is 5.75 Å². The minimum Gasteiger partial charge on any atom is -0.497 e. The van der Waals surface area contributed by atoms with Crippen LogP contribution in [0.5, 0.6) is 5.75 Å². The second-order valence-corrected chi connectivity index (χ2v) is 9.07. The van der Waals surface area contributed by atoms with Gasteiger partial charge in [-0.25, -0.2) is 4.79 Å².